The summed E-state index contributed by atoms with van der Waals surface area (Å²) in [5.41, 5.74) is 1.25. The van der Waals surface area contributed by atoms with Crippen molar-refractivity contribution < 1.29 is 8.78 Å². The van der Waals surface area contributed by atoms with Crippen LogP contribution in [0.2, 0.25) is 0 Å². The van der Waals surface area contributed by atoms with E-state index in [1.54, 1.807) is 6.20 Å². The predicted molar refractivity (Wildman–Crippen MR) is 69.7 cm³/mol. The fourth-order valence-corrected chi connectivity index (χ4v) is 2.13. The van der Waals surface area contributed by atoms with Crippen LogP contribution in [-0.2, 0) is 0 Å². The molecule has 1 aromatic heterocycles. The molecule has 0 aliphatic carbocycles. The van der Waals surface area contributed by atoms with Crippen molar-refractivity contribution in [3.63, 3.8) is 0 Å². The summed E-state index contributed by atoms with van der Waals surface area (Å²) < 4.78 is 29.5. The second kappa shape index (κ2) is 4.65. The van der Waals surface area contributed by atoms with Crippen molar-refractivity contribution in [1.29, 1.82) is 0 Å². The van der Waals surface area contributed by atoms with E-state index in [2.05, 4.69) is 4.98 Å². The molecule has 1 heterocycles. The van der Waals surface area contributed by atoms with Gasteiger partial charge in [-0.1, -0.05) is 13.8 Å². The maximum atomic E-state index is 14.0. The first-order chi connectivity index (χ1) is 8.41. The minimum absolute atomic E-state index is 0.146. The summed E-state index contributed by atoms with van der Waals surface area (Å²) in [5, 5.41) is 0. The summed E-state index contributed by atoms with van der Waals surface area (Å²) in [5.74, 6) is -0.766. The Balaban J connectivity index is 2.73. The number of aromatic amines is 1. The molecule has 18 heavy (non-hydrogen) atoms. The van der Waals surface area contributed by atoms with E-state index in [4.69, 9.17) is 12.2 Å². The number of aryl methyl sites for hydroxylation is 1. The number of nitrogens with zero attached hydrogens (tertiary/aromatic N) is 1. The molecule has 0 aliphatic heterocycles. The summed E-state index contributed by atoms with van der Waals surface area (Å²) in [6, 6.07) is 2.36. The highest BCUT2D eigenvalue weighted by molar-refractivity contribution is 7.71. The van der Waals surface area contributed by atoms with Gasteiger partial charge in [-0.3, -0.25) is 4.57 Å². The molecule has 0 spiro atoms. The van der Waals surface area contributed by atoms with Gasteiger partial charge in [0.2, 0.25) is 0 Å². The van der Waals surface area contributed by atoms with Crippen LogP contribution in [-0.4, -0.2) is 9.55 Å². The maximum absolute atomic E-state index is 14.0. The Bertz CT molecular complexity index is 641. The van der Waals surface area contributed by atoms with Crippen molar-refractivity contribution in [3.8, 4) is 5.69 Å². The molecule has 0 radical (unpaired) electrons. The van der Waals surface area contributed by atoms with Gasteiger partial charge in [0, 0.05) is 18.0 Å². The van der Waals surface area contributed by atoms with Gasteiger partial charge < -0.3 is 4.98 Å². The van der Waals surface area contributed by atoms with Crippen LogP contribution in [0.5, 0.6) is 0 Å². The average Bonchev–Trinajstić information content (AvgIpc) is 2.66. The number of hydrogen-bond donors (Lipinski definition) is 1. The lowest BCUT2D eigenvalue weighted by molar-refractivity contribution is 0.582. The van der Waals surface area contributed by atoms with Crippen LogP contribution >= 0.6 is 12.2 Å². The van der Waals surface area contributed by atoms with Gasteiger partial charge in [-0.25, -0.2) is 8.78 Å². The molecule has 2 aromatic rings. The monoisotopic (exact) mass is 268 g/mol. The van der Waals surface area contributed by atoms with Crippen molar-refractivity contribution >= 4 is 12.2 Å². The summed E-state index contributed by atoms with van der Waals surface area (Å²) >= 11 is 5.13. The predicted octanol–water partition coefficient (Wildman–Crippen LogP) is 4.24. The van der Waals surface area contributed by atoms with E-state index >= 15 is 0 Å². The molecule has 0 bridgehead atoms. The molecule has 2 nitrogen and oxygen atoms in total. The molecule has 0 fully saturated rings. The van der Waals surface area contributed by atoms with Crippen molar-refractivity contribution in [3.05, 3.63) is 46.0 Å². The quantitative estimate of drug-likeness (QED) is 0.808. The van der Waals surface area contributed by atoms with E-state index < -0.39 is 11.6 Å². The zero-order valence-electron chi connectivity index (χ0n) is 10.4. The summed E-state index contributed by atoms with van der Waals surface area (Å²) in [6.45, 7) is 5.47. The molecule has 5 heteroatoms. The number of rotatable bonds is 2. The zero-order chi connectivity index (χ0) is 13.4. The largest absolute Gasteiger partial charge is 0.337 e. The van der Waals surface area contributed by atoms with Gasteiger partial charge in [-0.15, -0.1) is 0 Å². The molecule has 1 aromatic carbocycles. The van der Waals surface area contributed by atoms with Crippen molar-refractivity contribution in [2.75, 3.05) is 0 Å². The molecule has 0 amide bonds. The minimum Gasteiger partial charge on any atom is -0.337 e. The van der Waals surface area contributed by atoms with Crippen LogP contribution < -0.4 is 0 Å². The Morgan fingerprint density at radius 3 is 2.50 bits per heavy atom. The number of hydrogen-bond acceptors (Lipinski definition) is 1. The second-order valence-electron chi connectivity index (χ2n) is 4.56. The fraction of sp³-hybridized carbons (Fsp3) is 0.308. The molecule has 0 atom stereocenters. The van der Waals surface area contributed by atoms with Crippen LogP contribution in [0.15, 0.2) is 18.3 Å². The Morgan fingerprint density at radius 2 is 1.89 bits per heavy atom. The first-order valence-electron chi connectivity index (χ1n) is 5.68. The lowest BCUT2D eigenvalue weighted by atomic mass is 10.1. The average molecular weight is 268 g/mol. The number of benzene rings is 1. The summed E-state index contributed by atoms with van der Waals surface area (Å²) in [6.07, 6.45) is 1.73. The van der Waals surface area contributed by atoms with Gasteiger partial charge in [-0.05, 0) is 36.7 Å². The molecule has 96 valence electrons. The molecule has 0 saturated heterocycles. The molecule has 1 N–H and O–H groups in total. The van der Waals surface area contributed by atoms with Crippen LogP contribution in [0, 0.1) is 23.3 Å². The van der Waals surface area contributed by atoms with Crippen molar-refractivity contribution in [2.45, 2.75) is 26.7 Å². The molecule has 0 saturated carbocycles. The fourth-order valence-electron chi connectivity index (χ4n) is 1.86. The normalized spacial score (nSPS) is 11.2. The van der Waals surface area contributed by atoms with Crippen LogP contribution in [0.25, 0.3) is 5.69 Å². The van der Waals surface area contributed by atoms with E-state index in [0.717, 1.165) is 5.69 Å². The van der Waals surface area contributed by atoms with Gasteiger partial charge in [0.15, 0.2) is 4.77 Å². The van der Waals surface area contributed by atoms with E-state index in [9.17, 15) is 8.78 Å². The van der Waals surface area contributed by atoms with Gasteiger partial charge in [0.1, 0.15) is 11.6 Å². The van der Waals surface area contributed by atoms with E-state index in [-0.39, 0.29) is 17.2 Å². The van der Waals surface area contributed by atoms with Crippen LogP contribution in [0.1, 0.15) is 31.0 Å². The number of imidazole rings is 1. The van der Waals surface area contributed by atoms with E-state index in [0.29, 0.717) is 4.77 Å². The van der Waals surface area contributed by atoms with Crippen molar-refractivity contribution in [1.82, 2.24) is 9.55 Å². The zero-order valence-corrected chi connectivity index (χ0v) is 11.2. The van der Waals surface area contributed by atoms with Gasteiger partial charge >= 0.3 is 0 Å². The molecule has 0 aliphatic rings. The number of aromatic nitrogens is 2. The lowest BCUT2D eigenvalue weighted by Gasteiger charge is -2.12. The van der Waals surface area contributed by atoms with Crippen molar-refractivity contribution in [2.24, 2.45) is 0 Å². The Labute approximate surface area is 109 Å². The SMILES string of the molecule is Cc1cc(F)c(-n2c(C(C)C)c[nH]c2=S)cc1F. The smallest absolute Gasteiger partial charge is 0.182 e. The lowest BCUT2D eigenvalue weighted by Crippen LogP contribution is -2.05. The van der Waals surface area contributed by atoms with Gasteiger partial charge in [0.05, 0.1) is 5.69 Å². The van der Waals surface area contributed by atoms with Gasteiger partial charge in [0.25, 0.3) is 0 Å². The molecule has 2 rings (SSSR count). The van der Waals surface area contributed by atoms with Crippen LogP contribution in [0.3, 0.4) is 0 Å². The number of halogens is 2. The number of H-pyrrole nitrogens is 1. The first-order valence-corrected chi connectivity index (χ1v) is 6.09. The molecular formula is C13H14F2N2S. The molecular weight excluding hydrogens is 254 g/mol. The highest BCUT2D eigenvalue weighted by Gasteiger charge is 2.15. The summed E-state index contributed by atoms with van der Waals surface area (Å²) in [7, 11) is 0. The van der Waals surface area contributed by atoms with Gasteiger partial charge in [-0.2, -0.15) is 0 Å². The third-order valence-electron chi connectivity index (χ3n) is 2.87. The highest BCUT2D eigenvalue weighted by atomic mass is 32.1. The Morgan fingerprint density at radius 1 is 1.22 bits per heavy atom. The van der Waals surface area contributed by atoms with E-state index in [1.807, 2.05) is 13.8 Å². The second-order valence-corrected chi connectivity index (χ2v) is 4.95. The standard InChI is InChI=1S/C13H14F2N2S/c1-7(2)12-6-16-13(18)17(12)11-5-9(14)8(3)4-10(11)15/h4-7H,1-3H3,(H,16,18). The minimum atomic E-state index is -0.480. The Kier molecular flexibility index (Phi) is 3.34. The van der Waals surface area contributed by atoms with E-state index in [1.165, 1.54) is 23.6 Å². The third-order valence-corrected chi connectivity index (χ3v) is 3.17. The first kappa shape index (κ1) is 13.0. The topological polar surface area (TPSA) is 20.7 Å². The molecule has 0 unspecified atom stereocenters. The summed E-state index contributed by atoms with van der Waals surface area (Å²) in [4.78, 5) is 2.87. The Hall–Kier alpha value is -1.49. The number of nitrogens with one attached hydrogen (secondary N) is 1. The van der Waals surface area contributed by atoms with Crippen LogP contribution in [0.4, 0.5) is 8.78 Å². The maximum Gasteiger partial charge on any atom is 0.182 e. The highest BCUT2D eigenvalue weighted by Crippen LogP contribution is 2.24. The third kappa shape index (κ3) is 2.10.